The number of ether oxygens (including phenoxy) is 2. The predicted octanol–water partition coefficient (Wildman–Crippen LogP) is 3.99. The molecular formula is C21H24BrCl2N5O4. The van der Waals surface area contributed by atoms with Crippen LogP contribution in [0, 0.1) is 0 Å². The summed E-state index contributed by atoms with van der Waals surface area (Å²) >= 11 is 9.79. The van der Waals surface area contributed by atoms with Crippen molar-refractivity contribution in [1.29, 1.82) is 0 Å². The number of hydrogen-bond acceptors (Lipinski definition) is 8. The molecule has 0 bridgehead atoms. The van der Waals surface area contributed by atoms with Crippen LogP contribution in [0.4, 0.5) is 5.82 Å². The van der Waals surface area contributed by atoms with E-state index in [0.717, 1.165) is 15.6 Å². The summed E-state index contributed by atoms with van der Waals surface area (Å²) in [5, 5.41) is 13.4. The summed E-state index contributed by atoms with van der Waals surface area (Å²) in [4.78, 5) is 11.9. The number of aromatic nitrogens is 2. The summed E-state index contributed by atoms with van der Waals surface area (Å²) in [6, 6.07) is 11.4. The molecule has 1 amide bonds. The van der Waals surface area contributed by atoms with Crippen molar-refractivity contribution >= 4 is 51.7 Å². The van der Waals surface area contributed by atoms with Crippen molar-refractivity contribution in [3.05, 3.63) is 62.7 Å². The molecule has 3 aromatic rings. The number of nitrogens with one attached hydrogen (secondary N) is 2. The van der Waals surface area contributed by atoms with E-state index in [9.17, 15) is 4.79 Å². The van der Waals surface area contributed by atoms with Crippen molar-refractivity contribution < 1.29 is 18.9 Å². The van der Waals surface area contributed by atoms with Crippen LogP contribution >= 0.6 is 39.9 Å². The number of nitrogen functional groups attached to an aromatic ring is 1. The quantitative estimate of drug-likeness (QED) is 0.301. The van der Waals surface area contributed by atoms with Crippen molar-refractivity contribution in [2.24, 2.45) is 0 Å². The maximum atomic E-state index is 11.9. The van der Waals surface area contributed by atoms with E-state index in [1.807, 2.05) is 43.3 Å². The number of benzene rings is 2. The maximum absolute atomic E-state index is 11.9. The van der Waals surface area contributed by atoms with E-state index in [-0.39, 0.29) is 23.9 Å². The van der Waals surface area contributed by atoms with Gasteiger partial charge < -0.3 is 25.8 Å². The molecule has 4 N–H and O–H groups in total. The molecule has 0 radical (unpaired) electrons. The van der Waals surface area contributed by atoms with Crippen LogP contribution in [-0.2, 0) is 13.2 Å². The first-order chi connectivity index (χ1) is 15.5. The van der Waals surface area contributed by atoms with Gasteiger partial charge in [0.15, 0.2) is 11.5 Å². The monoisotopic (exact) mass is 559 g/mol. The number of nitrogens with zero attached hydrogens (tertiary/aromatic N) is 2. The Bertz CT molecular complexity index is 1070. The first-order valence-electron chi connectivity index (χ1n) is 9.88. The lowest BCUT2D eigenvalue weighted by Gasteiger charge is -2.16. The molecule has 0 saturated carbocycles. The fraction of sp³-hybridized carbons (Fsp3) is 0.286. The fourth-order valence-electron chi connectivity index (χ4n) is 2.83. The Balaban J connectivity index is 0.00000385. The van der Waals surface area contributed by atoms with Crippen molar-refractivity contribution in [3.63, 3.8) is 0 Å². The van der Waals surface area contributed by atoms with Gasteiger partial charge in [0, 0.05) is 30.2 Å². The third-order valence-corrected chi connectivity index (χ3v) is 5.30. The third kappa shape index (κ3) is 7.50. The highest BCUT2D eigenvalue weighted by molar-refractivity contribution is 9.10. The summed E-state index contributed by atoms with van der Waals surface area (Å²) < 4.78 is 17.0. The lowest BCUT2D eigenvalue weighted by molar-refractivity contribution is 0.0944. The van der Waals surface area contributed by atoms with Crippen LogP contribution in [0.2, 0.25) is 5.02 Å². The maximum Gasteiger partial charge on any atom is 0.277 e. The van der Waals surface area contributed by atoms with Gasteiger partial charge in [0.05, 0.1) is 11.1 Å². The van der Waals surface area contributed by atoms with Gasteiger partial charge in [-0.15, -0.1) is 12.4 Å². The Morgan fingerprint density at radius 2 is 2.00 bits per heavy atom. The van der Waals surface area contributed by atoms with Gasteiger partial charge in [-0.05, 0) is 56.9 Å². The van der Waals surface area contributed by atoms with Crippen LogP contribution in [-0.4, -0.2) is 35.9 Å². The molecule has 2 aromatic carbocycles. The Hall–Kier alpha value is -2.53. The summed E-state index contributed by atoms with van der Waals surface area (Å²) in [7, 11) is 0. The van der Waals surface area contributed by atoms with Gasteiger partial charge in [-0.2, -0.15) is 0 Å². The molecule has 0 aliphatic heterocycles. The first-order valence-corrected chi connectivity index (χ1v) is 11.0. The average Bonchev–Trinajstić information content (AvgIpc) is 3.20. The fourth-order valence-corrected chi connectivity index (χ4v) is 3.62. The van der Waals surface area contributed by atoms with Crippen molar-refractivity contribution in [2.75, 3.05) is 25.4 Å². The van der Waals surface area contributed by atoms with Crippen molar-refractivity contribution in [3.8, 4) is 11.5 Å². The van der Waals surface area contributed by atoms with Crippen LogP contribution in [0.1, 0.15) is 28.5 Å². The Morgan fingerprint density at radius 3 is 2.70 bits per heavy atom. The van der Waals surface area contributed by atoms with Gasteiger partial charge >= 0.3 is 0 Å². The highest BCUT2D eigenvalue weighted by Gasteiger charge is 2.15. The zero-order chi connectivity index (χ0) is 22.9. The van der Waals surface area contributed by atoms with Gasteiger partial charge in [0.25, 0.3) is 5.91 Å². The highest BCUT2D eigenvalue weighted by atomic mass is 79.9. The average molecular weight is 561 g/mol. The zero-order valence-electron chi connectivity index (χ0n) is 17.8. The van der Waals surface area contributed by atoms with Crippen molar-refractivity contribution in [1.82, 2.24) is 20.9 Å². The number of amides is 1. The molecule has 0 spiro atoms. The molecule has 0 fully saturated rings. The number of halogens is 3. The second-order valence-electron chi connectivity index (χ2n) is 6.65. The lowest BCUT2D eigenvalue weighted by atomic mass is 10.2. The van der Waals surface area contributed by atoms with Gasteiger partial charge in [0.2, 0.25) is 11.5 Å². The molecule has 1 aromatic heterocycles. The topological polar surface area (TPSA) is 125 Å². The predicted molar refractivity (Wildman–Crippen MR) is 131 cm³/mol. The van der Waals surface area contributed by atoms with E-state index in [4.69, 9.17) is 26.8 Å². The number of anilines is 1. The Kier molecular flexibility index (Phi) is 10.7. The molecule has 12 heteroatoms. The molecule has 0 atom stereocenters. The van der Waals surface area contributed by atoms with E-state index in [1.165, 1.54) is 0 Å². The summed E-state index contributed by atoms with van der Waals surface area (Å²) in [6.45, 7) is 4.20. The number of carbonyl (C=O) groups excluding carboxylic acids is 1. The Morgan fingerprint density at radius 1 is 1.21 bits per heavy atom. The van der Waals surface area contributed by atoms with Gasteiger partial charge in [0.1, 0.15) is 6.61 Å². The van der Waals surface area contributed by atoms with E-state index in [2.05, 4.69) is 41.5 Å². The number of carbonyl (C=O) groups is 1. The second kappa shape index (κ2) is 13.2. The largest absolute Gasteiger partial charge is 0.490 e. The van der Waals surface area contributed by atoms with E-state index in [0.29, 0.717) is 49.4 Å². The minimum atomic E-state index is -0.438. The molecule has 0 aliphatic rings. The molecule has 0 saturated heterocycles. The summed E-state index contributed by atoms with van der Waals surface area (Å²) in [5.41, 5.74) is 7.35. The number of hydrogen-bond donors (Lipinski definition) is 3. The van der Waals surface area contributed by atoms with Crippen LogP contribution in [0.15, 0.2) is 45.5 Å². The second-order valence-corrected chi connectivity index (χ2v) is 7.91. The standard InChI is InChI=1S/C21H23BrClN5O4.ClH/c1-2-30-17-10-13(11-25-7-8-26-21(29)18-20(24)28-32-27-18)9-15(22)19(17)31-12-14-5-3-4-6-16(14)23;/h3-6,9-10,25H,2,7-8,11-12H2,1H3,(H2,24,28)(H,26,29);1H. The van der Waals surface area contributed by atoms with Crippen LogP contribution < -0.4 is 25.8 Å². The zero-order valence-corrected chi connectivity index (χ0v) is 20.9. The highest BCUT2D eigenvalue weighted by Crippen LogP contribution is 2.37. The molecule has 0 aliphatic carbocycles. The van der Waals surface area contributed by atoms with E-state index in [1.54, 1.807) is 0 Å². The van der Waals surface area contributed by atoms with Crippen LogP contribution in [0.25, 0.3) is 0 Å². The summed E-state index contributed by atoms with van der Waals surface area (Å²) in [6.07, 6.45) is 0. The minimum absolute atomic E-state index is 0. The SMILES string of the molecule is CCOc1cc(CNCCNC(=O)c2nonc2N)cc(Br)c1OCc1ccccc1Cl.Cl. The number of rotatable bonds is 11. The molecular weight excluding hydrogens is 537 g/mol. The lowest BCUT2D eigenvalue weighted by Crippen LogP contribution is -2.32. The van der Waals surface area contributed by atoms with Crippen molar-refractivity contribution in [2.45, 2.75) is 20.1 Å². The van der Waals surface area contributed by atoms with Gasteiger partial charge in [-0.25, -0.2) is 4.63 Å². The minimum Gasteiger partial charge on any atom is -0.490 e. The normalized spacial score (nSPS) is 10.4. The Labute approximate surface area is 210 Å². The van der Waals surface area contributed by atoms with E-state index >= 15 is 0 Å². The molecule has 33 heavy (non-hydrogen) atoms. The van der Waals surface area contributed by atoms with Gasteiger partial charge in [-0.3, -0.25) is 4.79 Å². The third-order valence-electron chi connectivity index (χ3n) is 4.34. The first kappa shape index (κ1) is 26.7. The number of nitrogens with two attached hydrogens (primary N) is 1. The molecule has 3 rings (SSSR count). The molecule has 0 unspecified atom stereocenters. The van der Waals surface area contributed by atoms with Gasteiger partial charge in [-0.1, -0.05) is 29.8 Å². The van der Waals surface area contributed by atoms with Crippen LogP contribution in [0.5, 0.6) is 11.5 Å². The molecule has 178 valence electrons. The van der Waals surface area contributed by atoms with Crippen LogP contribution in [0.3, 0.4) is 0 Å². The molecule has 9 nitrogen and oxygen atoms in total. The molecule has 1 heterocycles. The van der Waals surface area contributed by atoms with E-state index < -0.39 is 5.91 Å². The smallest absolute Gasteiger partial charge is 0.277 e. The summed E-state index contributed by atoms with van der Waals surface area (Å²) in [5.74, 6) is 0.766.